The Morgan fingerprint density at radius 1 is 1.42 bits per heavy atom. The summed E-state index contributed by atoms with van der Waals surface area (Å²) in [6.07, 6.45) is -4.17. The first kappa shape index (κ1) is 20.7. The van der Waals surface area contributed by atoms with Gasteiger partial charge in [-0.25, -0.2) is 8.42 Å². The lowest BCUT2D eigenvalue weighted by molar-refractivity contribution is -0.0960. The average molecular weight is 413 g/mol. The highest BCUT2D eigenvalue weighted by Crippen LogP contribution is 2.38. The van der Waals surface area contributed by atoms with Gasteiger partial charge in [-0.2, -0.15) is 13.2 Å². The van der Waals surface area contributed by atoms with Gasteiger partial charge in [0.05, 0.1) is 28.7 Å². The second kappa shape index (κ2) is 7.53. The van der Waals surface area contributed by atoms with Gasteiger partial charge in [0.2, 0.25) is 10.0 Å². The van der Waals surface area contributed by atoms with Crippen molar-refractivity contribution in [3.05, 3.63) is 35.5 Å². The van der Waals surface area contributed by atoms with Crippen LogP contribution < -0.4 is 20.7 Å². The summed E-state index contributed by atoms with van der Waals surface area (Å²) in [5, 5.41) is 5.25. The third kappa shape index (κ3) is 4.54. The summed E-state index contributed by atoms with van der Waals surface area (Å²) < 4.78 is 65.1. The Hall–Kier alpha value is -1.65. The Morgan fingerprint density at radius 3 is 2.58 bits per heavy atom. The molecule has 6 nitrogen and oxygen atoms in total. The number of benzene rings is 1. The molecule has 1 aliphatic heterocycles. The maximum atomic E-state index is 13.3. The highest BCUT2D eigenvalue weighted by atomic mass is 35.5. The van der Waals surface area contributed by atoms with E-state index in [4.69, 9.17) is 17.3 Å². The molecular weight excluding hydrogens is 393 g/mol. The summed E-state index contributed by atoms with van der Waals surface area (Å²) in [4.78, 5) is 0. The van der Waals surface area contributed by atoms with E-state index in [0.717, 1.165) is 11.8 Å². The molecule has 0 amide bonds. The molecule has 0 spiro atoms. The van der Waals surface area contributed by atoms with Crippen LogP contribution in [0.3, 0.4) is 0 Å². The molecule has 1 aromatic rings. The predicted octanol–water partition coefficient (Wildman–Crippen LogP) is 2.33. The van der Waals surface area contributed by atoms with Crippen molar-refractivity contribution in [2.24, 2.45) is 5.73 Å². The van der Waals surface area contributed by atoms with Crippen LogP contribution in [0.25, 0.3) is 0 Å². The van der Waals surface area contributed by atoms with Crippen molar-refractivity contribution in [1.82, 2.24) is 5.32 Å². The lowest BCUT2D eigenvalue weighted by Gasteiger charge is -2.28. The van der Waals surface area contributed by atoms with Gasteiger partial charge in [0.1, 0.15) is 6.17 Å². The van der Waals surface area contributed by atoms with E-state index in [1.807, 2.05) is 0 Å². The maximum absolute atomic E-state index is 13.3. The number of nitrogens with zero attached hydrogens (tertiary/aromatic N) is 1. The lowest BCUT2D eigenvalue weighted by Crippen LogP contribution is -2.45. The largest absolute Gasteiger partial charge is 0.417 e. The van der Waals surface area contributed by atoms with Crippen molar-refractivity contribution in [2.45, 2.75) is 31.2 Å². The molecule has 1 heterocycles. The molecule has 2 unspecified atom stereocenters. The third-order valence-corrected chi connectivity index (χ3v) is 5.16. The van der Waals surface area contributed by atoms with E-state index >= 15 is 0 Å². The minimum absolute atomic E-state index is 0.232. The van der Waals surface area contributed by atoms with Crippen LogP contribution in [0.1, 0.15) is 12.5 Å². The van der Waals surface area contributed by atoms with E-state index in [0.29, 0.717) is 18.3 Å². The summed E-state index contributed by atoms with van der Waals surface area (Å²) in [5.74, 6) is 0. The van der Waals surface area contributed by atoms with E-state index in [1.54, 1.807) is 12.1 Å². The topological polar surface area (TPSA) is 87.5 Å². The fraction of sp³-hybridized carbons (Fsp3) is 0.467. The van der Waals surface area contributed by atoms with Gasteiger partial charge in [0.15, 0.2) is 0 Å². The van der Waals surface area contributed by atoms with Crippen LogP contribution in [0, 0.1) is 0 Å². The minimum Gasteiger partial charge on any atom is -0.404 e. The van der Waals surface area contributed by atoms with Gasteiger partial charge in [-0.15, -0.1) is 11.6 Å². The molecule has 11 heteroatoms. The number of rotatable bonds is 6. The number of nitrogens with one attached hydrogen (secondary N) is 2. The molecule has 0 radical (unpaired) electrons. The Kier molecular flexibility index (Phi) is 5.99. The quantitative estimate of drug-likeness (QED) is 0.379. The Balaban J connectivity index is 2.46. The number of nitrogens with two attached hydrogens (primary N) is 1. The fourth-order valence-electron chi connectivity index (χ4n) is 2.82. The van der Waals surface area contributed by atoms with Crippen LogP contribution in [0.5, 0.6) is 0 Å². The first-order valence-electron chi connectivity index (χ1n) is 7.70. The third-order valence-electron chi connectivity index (χ3n) is 3.87. The van der Waals surface area contributed by atoms with Crippen LogP contribution in [0.2, 0.25) is 0 Å². The van der Waals surface area contributed by atoms with Crippen molar-refractivity contribution in [3.63, 3.8) is 0 Å². The molecule has 0 saturated heterocycles. The second-order valence-corrected chi connectivity index (χ2v) is 8.44. The van der Waals surface area contributed by atoms with Gasteiger partial charge in [-0.1, -0.05) is 12.1 Å². The summed E-state index contributed by atoms with van der Waals surface area (Å²) in [5.41, 5.74) is 4.63. The Labute approximate surface area is 155 Å². The average Bonchev–Trinajstić information content (AvgIpc) is 2.90. The standard InChI is InChI=1S/C15H20ClF3N4O2S/c1-9(16)21-14(11(8-20)15(17,18)19)22-12-5-3-4-10-6-7-23(13(10)12)26(2,24)25/h3-5,8-9,14,21-22H,6-7,20H2,1-2H3/b11-8+. The maximum Gasteiger partial charge on any atom is 0.417 e. The lowest BCUT2D eigenvalue weighted by atomic mass is 10.1. The molecule has 0 fully saturated rings. The van der Waals surface area contributed by atoms with Crippen molar-refractivity contribution in [2.75, 3.05) is 22.4 Å². The number of alkyl halides is 4. The molecule has 2 rings (SSSR count). The Bertz CT molecular complexity index is 797. The van der Waals surface area contributed by atoms with Crippen LogP contribution in [0.15, 0.2) is 30.0 Å². The number of para-hydroxylation sites is 1. The van der Waals surface area contributed by atoms with Gasteiger partial charge in [-0.05, 0) is 25.0 Å². The van der Waals surface area contributed by atoms with E-state index in [-0.39, 0.29) is 12.2 Å². The summed E-state index contributed by atoms with van der Waals surface area (Å²) in [6, 6.07) is 4.90. The molecule has 0 aromatic heterocycles. The zero-order chi connectivity index (χ0) is 19.7. The monoisotopic (exact) mass is 412 g/mol. The van der Waals surface area contributed by atoms with Crippen molar-refractivity contribution in [3.8, 4) is 0 Å². The van der Waals surface area contributed by atoms with E-state index < -0.39 is 33.4 Å². The normalized spacial score (nSPS) is 17.8. The summed E-state index contributed by atoms with van der Waals surface area (Å²) in [7, 11) is -3.57. The van der Waals surface area contributed by atoms with Crippen LogP contribution in [-0.4, -0.2) is 39.1 Å². The molecular formula is C15H20ClF3N4O2S. The smallest absolute Gasteiger partial charge is 0.404 e. The number of hydrogen-bond acceptors (Lipinski definition) is 5. The van der Waals surface area contributed by atoms with Gasteiger partial charge >= 0.3 is 6.18 Å². The van der Waals surface area contributed by atoms with Gasteiger partial charge in [0, 0.05) is 12.7 Å². The van der Waals surface area contributed by atoms with Gasteiger partial charge in [0.25, 0.3) is 0 Å². The number of halogens is 4. The number of anilines is 2. The second-order valence-electron chi connectivity index (χ2n) is 5.88. The molecule has 0 aliphatic carbocycles. The number of hydrogen-bond donors (Lipinski definition) is 3. The zero-order valence-corrected chi connectivity index (χ0v) is 15.7. The Morgan fingerprint density at radius 2 is 2.08 bits per heavy atom. The molecule has 0 saturated carbocycles. The molecule has 146 valence electrons. The molecule has 4 N–H and O–H groups in total. The first-order chi connectivity index (χ1) is 11.9. The highest BCUT2D eigenvalue weighted by molar-refractivity contribution is 7.92. The summed E-state index contributed by atoms with van der Waals surface area (Å²) >= 11 is 5.82. The SMILES string of the molecule is CC(Cl)NC(Nc1cccc2c1N(S(C)(=O)=O)CC2)/C(=C\N)C(F)(F)F. The molecule has 1 aromatic carbocycles. The minimum atomic E-state index is -4.69. The molecule has 26 heavy (non-hydrogen) atoms. The van der Waals surface area contributed by atoms with E-state index in [9.17, 15) is 21.6 Å². The molecule has 2 atom stereocenters. The molecule has 1 aliphatic rings. The van der Waals surface area contributed by atoms with Gasteiger partial charge < -0.3 is 11.1 Å². The molecule has 0 bridgehead atoms. The number of fused-ring (bicyclic) bond motifs is 1. The number of sulfonamides is 1. The van der Waals surface area contributed by atoms with Crippen LogP contribution in [0.4, 0.5) is 24.5 Å². The predicted molar refractivity (Wildman–Crippen MR) is 96.5 cm³/mol. The first-order valence-corrected chi connectivity index (χ1v) is 9.99. The highest BCUT2D eigenvalue weighted by Gasteiger charge is 2.40. The fourth-order valence-corrected chi connectivity index (χ4v) is 3.91. The summed E-state index contributed by atoms with van der Waals surface area (Å²) in [6.45, 7) is 1.70. The van der Waals surface area contributed by atoms with Crippen molar-refractivity contribution >= 4 is 33.0 Å². The van der Waals surface area contributed by atoms with E-state index in [1.165, 1.54) is 17.3 Å². The van der Waals surface area contributed by atoms with Crippen LogP contribution >= 0.6 is 11.6 Å². The van der Waals surface area contributed by atoms with Crippen molar-refractivity contribution in [1.29, 1.82) is 0 Å². The zero-order valence-electron chi connectivity index (χ0n) is 14.1. The van der Waals surface area contributed by atoms with Gasteiger partial charge in [-0.3, -0.25) is 9.62 Å². The van der Waals surface area contributed by atoms with Crippen molar-refractivity contribution < 1.29 is 21.6 Å². The van der Waals surface area contributed by atoms with Crippen LogP contribution in [-0.2, 0) is 16.4 Å². The van der Waals surface area contributed by atoms with E-state index in [2.05, 4.69) is 10.6 Å².